The summed E-state index contributed by atoms with van der Waals surface area (Å²) in [5, 5.41) is 2.20. The van der Waals surface area contributed by atoms with Gasteiger partial charge < -0.3 is 0 Å². The summed E-state index contributed by atoms with van der Waals surface area (Å²) >= 11 is 0. The topological polar surface area (TPSA) is 46.2 Å². The van der Waals surface area contributed by atoms with E-state index >= 15 is 0 Å². The third-order valence-electron chi connectivity index (χ3n) is 1.09. The van der Waals surface area contributed by atoms with Crippen molar-refractivity contribution >= 4 is 11.8 Å². The molecule has 0 aromatic carbocycles. The molecule has 0 aromatic heterocycles. The molecule has 1 aliphatic heterocycles. The van der Waals surface area contributed by atoms with Crippen LogP contribution in [0.15, 0.2) is 0 Å². The molecule has 1 fully saturated rings. The number of hydrogen-bond acceptors (Lipinski definition) is 2. The van der Waals surface area contributed by atoms with Crippen molar-refractivity contribution in [3.63, 3.8) is 0 Å². The van der Waals surface area contributed by atoms with Crippen LogP contribution in [0.4, 0.5) is 0 Å². The van der Waals surface area contributed by atoms with Gasteiger partial charge in [0.05, 0.1) is 0 Å². The van der Waals surface area contributed by atoms with Crippen LogP contribution in [-0.4, -0.2) is 11.8 Å². The molecule has 1 aliphatic rings. The Bertz CT molecular complexity index is 130. The summed E-state index contributed by atoms with van der Waals surface area (Å²) in [6.07, 6.45) is 2.97. The first-order valence-electron chi connectivity index (χ1n) is 5.03. The molecule has 0 spiro atoms. The highest BCUT2D eigenvalue weighted by atomic mass is 16.2. The van der Waals surface area contributed by atoms with E-state index in [4.69, 9.17) is 0 Å². The van der Waals surface area contributed by atoms with Crippen molar-refractivity contribution < 1.29 is 9.59 Å². The highest BCUT2D eigenvalue weighted by Gasteiger charge is 2.12. The smallest absolute Gasteiger partial charge is 0.226 e. The molecule has 1 heterocycles. The highest BCUT2D eigenvalue weighted by Crippen LogP contribution is 2.00. The number of rotatable bonds is 0. The molecule has 0 radical (unpaired) electrons. The fourth-order valence-corrected chi connectivity index (χ4v) is 0.690. The van der Waals surface area contributed by atoms with Crippen LogP contribution in [-0.2, 0) is 9.59 Å². The summed E-state index contributed by atoms with van der Waals surface area (Å²) < 4.78 is 0. The zero-order valence-corrected chi connectivity index (χ0v) is 9.14. The first-order valence-corrected chi connectivity index (χ1v) is 5.03. The first-order chi connectivity index (χ1) is 6.20. The van der Waals surface area contributed by atoms with Gasteiger partial charge >= 0.3 is 0 Å². The van der Waals surface area contributed by atoms with E-state index in [2.05, 4.69) is 19.2 Å². The van der Waals surface area contributed by atoms with Crippen molar-refractivity contribution in [2.75, 3.05) is 0 Å². The maximum absolute atomic E-state index is 10.3. The van der Waals surface area contributed by atoms with Gasteiger partial charge in [-0.3, -0.25) is 14.9 Å². The molecule has 1 N–H and O–H groups in total. The predicted molar refractivity (Wildman–Crippen MR) is 54.3 cm³/mol. The number of amides is 2. The Hall–Kier alpha value is -0.860. The van der Waals surface area contributed by atoms with Gasteiger partial charge in [-0.15, -0.1) is 0 Å². The minimum Gasteiger partial charge on any atom is -0.296 e. The summed E-state index contributed by atoms with van der Waals surface area (Å²) in [5.74, 6) is -0.275. The van der Waals surface area contributed by atoms with Crippen LogP contribution in [0.1, 0.15) is 53.4 Å². The molecular weight excluding hydrogens is 166 g/mol. The summed E-state index contributed by atoms with van der Waals surface area (Å²) in [5.41, 5.74) is 0. The minimum atomic E-state index is -0.138. The molecule has 0 bridgehead atoms. The Morgan fingerprint density at radius 1 is 1.08 bits per heavy atom. The van der Waals surface area contributed by atoms with Gasteiger partial charge in [0, 0.05) is 12.8 Å². The Kier molecular flexibility index (Phi) is 12.6. The van der Waals surface area contributed by atoms with E-state index in [1.54, 1.807) is 0 Å². The second-order valence-electron chi connectivity index (χ2n) is 2.53. The van der Waals surface area contributed by atoms with Gasteiger partial charge in [-0.2, -0.15) is 0 Å². The lowest BCUT2D eigenvalue weighted by Crippen LogP contribution is -2.33. The Balaban J connectivity index is 0. The van der Waals surface area contributed by atoms with Crippen molar-refractivity contribution in [1.29, 1.82) is 0 Å². The van der Waals surface area contributed by atoms with Gasteiger partial charge in [-0.1, -0.05) is 34.1 Å². The summed E-state index contributed by atoms with van der Waals surface area (Å²) in [6.45, 7) is 8.25. The second-order valence-corrected chi connectivity index (χ2v) is 2.53. The molecule has 78 valence electrons. The summed E-state index contributed by atoms with van der Waals surface area (Å²) in [7, 11) is 0. The monoisotopic (exact) mass is 187 g/mol. The van der Waals surface area contributed by atoms with Crippen LogP contribution in [0.2, 0.25) is 0 Å². The van der Waals surface area contributed by atoms with Gasteiger partial charge in [0.2, 0.25) is 11.8 Å². The van der Waals surface area contributed by atoms with E-state index < -0.39 is 0 Å². The van der Waals surface area contributed by atoms with Gasteiger partial charge in [-0.05, 0) is 6.42 Å². The molecule has 1 saturated heterocycles. The highest BCUT2D eigenvalue weighted by molar-refractivity contribution is 5.97. The first kappa shape index (κ1) is 14.7. The molecule has 0 atom stereocenters. The molecule has 13 heavy (non-hydrogen) atoms. The lowest BCUT2D eigenvalue weighted by Gasteiger charge is -2.07. The van der Waals surface area contributed by atoms with Crippen LogP contribution in [0.5, 0.6) is 0 Å². The van der Waals surface area contributed by atoms with Crippen LogP contribution >= 0.6 is 0 Å². The number of carbonyl (C=O) groups is 2. The second kappa shape index (κ2) is 11.1. The number of imide groups is 1. The normalized spacial score (nSPS) is 14.5. The molecule has 2 amide bonds. The number of piperidine rings is 1. The van der Waals surface area contributed by atoms with E-state index in [1.807, 2.05) is 13.8 Å². The molecule has 0 aromatic rings. The zero-order valence-electron chi connectivity index (χ0n) is 9.14. The average Bonchev–Trinajstić information content (AvgIpc) is 2.08. The lowest BCUT2D eigenvalue weighted by atomic mass is 10.1. The van der Waals surface area contributed by atoms with Crippen molar-refractivity contribution in [2.24, 2.45) is 0 Å². The van der Waals surface area contributed by atoms with E-state index in [-0.39, 0.29) is 11.8 Å². The zero-order chi connectivity index (χ0) is 10.7. The fourth-order valence-electron chi connectivity index (χ4n) is 0.690. The van der Waals surface area contributed by atoms with E-state index in [0.717, 1.165) is 0 Å². The maximum atomic E-state index is 10.3. The third kappa shape index (κ3) is 11.1. The predicted octanol–water partition coefficient (Wildman–Crippen LogP) is 2.26. The summed E-state index contributed by atoms with van der Waals surface area (Å²) in [4.78, 5) is 20.7. The van der Waals surface area contributed by atoms with E-state index in [1.165, 1.54) is 6.42 Å². The van der Waals surface area contributed by atoms with Gasteiger partial charge in [-0.25, -0.2) is 0 Å². The number of carbonyl (C=O) groups excluding carboxylic acids is 2. The van der Waals surface area contributed by atoms with Crippen molar-refractivity contribution in [1.82, 2.24) is 5.32 Å². The molecule has 3 heteroatoms. The molecule has 0 saturated carbocycles. The van der Waals surface area contributed by atoms with Crippen molar-refractivity contribution in [3.8, 4) is 0 Å². The van der Waals surface area contributed by atoms with Crippen molar-refractivity contribution in [2.45, 2.75) is 53.4 Å². The SMILES string of the molecule is CC.CCC.O=C1CCCC(=O)N1. The third-order valence-corrected chi connectivity index (χ3v) is 1.09. The molecule has 3 nitrogen and oxygen atoms in total. The molecular formula is C10H21NO2. The van der Waals surface area contributed by atoms with Crippen molar-refractivity contribution in [3.05, 3.63) is 0 Å². The Labute approximate surface area is 80.9 Å². The van der Waals surface area contributed by atoms with Gasteiger partial charge in [0.15, 0.2) is 0 Å². The molecule has 0 unspecified atom stereocenters. The largest absolute Gasteiger partial charge is 0.296 e. The number of hydrogen-bond donors (Lipinski definition) is 1. The standard InChI is InChI=1S/C5H7NO2.C3H8.C2H6/c7-4-2-1-3-5(8)6-4;1-3-2;1-2/h1-3H2,(H,6,7,8);3H2,1-2H3;1-2H3. The maximum Gasteiger partial charge on any atom is 0.226 e. The average molecular weight is 187 g/mol. The van der Waals surface area contributed by atoms with Crippen LogP contribution in [0, 0.1) is 0 Å². The quantitative estimate of drug-likeness (QED) is 0.591. The van der Waals surface area contributed by atoms with Crippen LogP contribution in [0.3, 0.4) is 0 Å². The van der Waals surface area contributed by atoms with Crippen LogP contribution < -0.4 is 5.32 Å². The fraction of sp³-hybridized carbons (Fsp3) is 0.800. The molecule has 1 rings (SSSR count). The molecule has 0 aliphatic carbocycles. The van der Waals surface area contributed by atoms with Crippen LogP contribution in [0.25, 0.3) is 0 Å². The van der Waals surface area contributed by atoms with Gasteiger partial charge in [0.1, 0.15) is 0 Å². The Morgan fingerprint density at radius 3 is 1.54 bits per heavy atom. The van der Waals surface area contributed by atoms with E-state index in [9.17, 15) is 9.59 Å². The summed E-state index contributed by atoms with van der Waals surface area (Å²) in [6, 6.07) is 0. The Morgan fingerprint density at radius 2 is 1.38 bits per heavy atom. The number of nitrogens with one attached hydrogen (secondary N) is 1. The van der Waals surface area contributed by atoms with Gasteiger partial charge in [0.25, 0.3) is 0 Å². The minimum absolute atomic E-state index is 0.138. The lowest BCUT2D eigenvalue weighted by molar-refractivity contribution is -0.132. The van der Waals surface area contributed by atoms with E-state index in [0.29, 0.717) is 19.3 Å².